The second kappa shape index (κ2) is 6.33. The van der Waals surface area contributed by atoms with E-state index >= 15 is 0 Å². The van der Waals surface area contributed by atoms with Gasteiger partial charge in [-0.05, 0) is 24.3 Å². The summed E-state index contributed by atoms with van der Waals surface area (Å²) in [5, 5.41) is 4.71. The molecule has 0 unspecified atom stereocenters. The van der Waals surface area contributed by atoms with Gasteiger partial charge >= 0.3 is 12.2 Å². The van der Waals surface area contributed by atoms with Crippen molar-refractivity contribution in [2.24, 2.45) is 0 Å². The summed E-state index contributed by atoms with van der Waals surface area (Å²) in [7, 11) is 1.44. The molecule has 1 aromatic heterocycles. The number of amides is 2. The Hall–Kier alpha value is -2.77. The number of ether oxygens (including phenoxy) is 1. The highest BCUT2D eigenvalue weighted by molar-refractivity contribution is 6.00. The van der Waals surface area contributed by atoms with Gasteiger partial charge in [0.15, 0.2) is 0 Å². The third kappa shape index (κ3) is 3.87. The fourth-order valence-corrected chi connectivity index (χ4v) is 1.68. The molecule has 0 aliphatic heterocycles. The third-order valence-corrected chi connectivity index (χ3v) is 2.64. The fourth-order valence-electron chi connectivity index (χ4n) is 1.68. The SMILES string of the molecule is COc1ccccc1NC(=O)Nc1cccc(C(F)(F)F)n1. The molecule has 0 atom stereocenters. The summed E-state index contributed by atoms with van der Waals surface area (Å²) in [5.74, 6) is 0.219. The van der Waals surface area contributed by atoms with E-state index in [0.717, 1.165) is 12.1 Å². The van der Waals surface area contributed by atoms with Crippen molar-refractivity contribution in [1.29, 1.82) is 0 Å². The van der Waals surface area contributed by atoms with Crippen LogP contribution in [0.1, 0.15) is 5.69 Å². The van der Waals surface area contributed by atoms with Crippen molar-refractivity contribution in [2.75, 3.05) is 17.7 Å². The highest BCUT2D eigenvalue weighted by Crippen LogP contribution is 2.28. The molecule has 1 heterocycles. The van der Waals surface area contributed by atoms with Gasteiger partial charge in [-0.3, -0.25) is 5.32 Å². The van der Waals surface area contributed by atoms with Crippen LogP contribution in [0.25, 0.3) is 0 Å². The van der Waals surface area contributed by atoms with Crippen molar-refractivity contribution in [3.05, 3.63) is 48.2 Å². The monoisotopic (exact) mass is 311 g/mol. The van der Waals surface area contributed by atoms with Gasteiger partial charge in [-0.1, -0.05) is 18.2 Å². The number of pyridine rings is 1. The standard InChI is InChI=1S/C14H12F3N3O2/c1-22-10-6-3-2-5-9(10)18-13(21)20-12-8-4-7-11(19-12)14(15,16)17/h2-8H,1H3,(H2,18,19,20,21). The van der Waals surface area contributed by atoms with Crippen molar-refractivity contribution in [1.82, 2.24) is 4.98 Å². The molecule has 0 aliphatic rings. The summed E-state index contributed by atoms with van der Waals surface area (Å²) in [4.78, 5) is 15.2. The first-order valence-corrected chi connectivity index (χ1v) is 6.15. The molecule has 0 spiro atoms. The molecule has 0 aliphatic carbocycles. The maximum atomic E-state index is 12.5. The maximum Gasteiger partial charge on any atom is 0.433 e. The number of nitrogens with zero attached hydrogens (tertiary/aromatic N) is 1. The van der Waals surface area contributed by atoms with Gasteiger partial charge in [0.1, 0.15) is 17.3 Å². The molecule has 2 N–H and O–H groups in total. The molecular weight excluding hydrogens is 299 g/mol. The van der Waals surface area contributed by atoms with E-state index in [2.05, 4.69) is 15.6 Å². The Morgan fingerprint density at radius 3 is 2.50 bits per heavy atom. The maximum absolute atomic E-state index is 12.5. The molecule has 116 valence electrons. The highest BCUT2D eigenvalue weighted by Gasteiger charge is 2.32. The summed E-state index contributed by atoms with van der Waals surface area (Å²) in [6.45, 7) is 0. The number of alkyl halides is 3. The number of halogens is 3. The smallest absolute Gasteiger partial charge is 0.433 e. The summed E-state index contributed by atoms with van der Waals surface area (Å²) in [5.41, 5.74) is -0.697. The van der Waals surface area contributed by atoms with Gasteiger partial charge in [0.25, 0.3) is 0 Å². The predicted molar refractivity (Wildman–Crippen MR) is 74.9 cm³/mol. The zero-order valence-electron chi connectivity index (χ0n) is 11.4. The number of urea groups is 1. The first kappa shape index (κ1) is 15.6. The van der Waals surface area contributed by atoms with E-state index in [1.54, 1.807) is 24.3 Å². The van der Waals surface area contributed by atoms with Crippen LogP contribution in [0.5, 0.6) is 5.75 Å². The number of hydrogen-bond acceptors (Lipinski definition) is 3. The van der Waals surface area contributed by atoms with Crippen LogP contribution in [0.2, 0.25) is 0 Å². The molecule has 8 heteroatoms. The minimum absolute atomic E-state index is 0.206. The lowest BCUT2D eigenvalue weighted by Gasteiger charge is -2.11. The first-order valence-electron chi connectivity index (χ1n) is 6.15. The second-order valence-electron chi connectivity index (χ2n) is 4.19. The van der Waals surface area contributed by atoms with Gasteiger partial charge in [0, 0.05) is 0 Å². The van der Waals surface area contributed by atoms with Crippen LogP contribution in [0, 0.1) is 0 Å². The number of benzene rings is 1. The number of carbonyl (C=O) groups excluding carboxylic acids is 1. The van der Waals surface area contributed by atoms with Crippen molar-refractivity contribution in [3.8, 4) is 5.75 Å². The van der Waals surface area contributed by atoms with E-state index in [0.29, 0.717) is 11.4 Å². The number of anilines is 2. The fraction of sp³-hybridized carbons (Fsp3) is 0.143. The Bertz CT molecular complexity index is 674. The Labute approximate surface area is 124 Å². The second-order valence-corrected chi connectivity index (χ2v) is 4.19. The lowest BCUT2D eigenvalue weighted by molar-refractivity contribution is -0.141. The lowest BCUT2D eigenvalue weighted by atomic mass is 10.3. The largest absolute Gasteiger partial charge is 0.495 e. The van der Waals surface area contributed by atoms with E-state index in [1.807, 2.05) is 0 Å². The molecule has 2 aromatic rings. The number of aromatic nitrogens is 1. The summed E-state index contributed by atoms with van der Waals surface area (Å²) < 4.78 is 42.7. The number of rotatable bonds is 3. The molecule has 2 rings (SSSR count). The van der Waals surface area contributed by atoms with Crippen molar-refractivity contribution in [2.45, 2.75) is 6.18 Å². The van der Waals surface area contributed by atoms with E-state index in [9.17, 15) is 18.0 Å². The topological polar surface area (TPSA) is 63.2 Å². The quantitative estimate of drug-likeness (QED) is 0.907. The minimum Gasteiger partial charge on any atom is -0.495 e. The van der Waals surface area contributed by atoms with E-state index in [4.69, 9.17) is 4.74 Å². The van der Waals surface area contributed by atoms with Crippen LogP contribution < -0.4 is 15.4 Å². The van der Waals surface area contributed by atoms with Gasteiger partial charge < -0.3 is 10.1 Å². The number of para-hydroxylation sites is 2. The molecule has 0 radical (unpaired) electrons. The predicted octanol–water partition coefficient (Wildman–Crippen LogP) is 3.75. The van der Waals surface area contributed by atoms with Gasteiger partial charge in [0.05, 0.1) is 12.8 Å². The molecule has 2 amide bonds. The van der Waals surface area contributed by atoms with Crippen LogP contribution in [0.15, 0.2) is 42.5 Å². The number of carbonyl (C=O) groups is 1. The van der Waals surface area contributed by atoms with E-state index in [-0.39, 0.29) is 5.82 Å². The summed E-state index contributed by atoms with van der Waals surface area (Å²) in [6.07, 6.45) is -4.57. The highest BCUT2D eigenvalue weighted by atomic mass is 19.4. The van der Waals surface area contributed by atoms with E-state index in [1.165, 1.54) is 13.2 Å². The Morgan fingerprint density at radius 1 is 1.09 bits per heavy atom. The molecule has 0 bridgehead atoms. The van der Waals surface area contributed by atoms with Crippen LogP contribution in [0.3, 0.4) is 0 Å². The zero-order valence-corrected chi connectivity index (χ0v) is 11.4. The van der Waals surface area contributed by atoms with Gasteiger partial charge in [-0.25, -0.2) is 9.78 Å². The molecule has 0 saturated heterocycles. The minimum atomic E-state index is -4.57. The zero-order chi connectivity index (χ0) is 16.2. The molecule has 22 heavy (non-hydrogen) atoms. The van der Waals surface area contributed by atoms with Gasteiger partial charge in [-0.15, -0.1) is 0 Å². The third-order valence-electron chi connectivity index (χ3n) is 2.64. The van der Waals surface area contributed by atoms with Crippen LogP contribution in [-0.4, -0.2) is 18.1 Å². The van der Waals surface area contributed by atoms with Crippen LogP contribution in [-0.2, 0) is 6.18 Å². The Morgan fingerprint density at radius 2 is 1.82 bits per heavy atom. The number of methoxy groups -OCH3 is 1. The number of hydrogen-bond donors (Lipinski definition) is 2. The van der Waals surface area contributed by atoms with Crippen LogP contribution >= 0.6 is 0 Å². The van der Waals surface area contributed by atoms with Gasteiger partial charge in [-0.2, -0.15) is 13.2 Å². The normalized spacial score (nSPS) is 10.9. The average Bonchev–Trinajstić information content (AvgIpc) is 2.47. The molecular formula is C14H12F3N3O2. The first-order chi connectivity index (χ1) is 10.4. The Balaban J connectivity index is 2.09. The molecule has 1 aromatic carbocycles. The lowest BCUT2D eigenvalue weighted by Crippen LogP contribution is -2.21. The summed E-state index contributed by atoms with van der Waals surface area (Å²) >= 11 is 0. The van der Waals surface area contributed by atoms with Gasteiger partial charge in [0.2, 0.25) is 0 Å². The Kier molecular flexibility index (Phi) is 4.50. The van der Waals surface area contributed by atoms with Crippen molar-refractivity contribution in [3.63, 3.8) is 0 Å². The molecule has 0 fully saturated rings. The van der Waals surface area contributed by atoms with Crippen LogP contribution in [0.4, 0.5) is 29.5 Å². The summed E-state index contributed by atoms with van der Waals surface area (Å²) in [6, 6.07) is 9.15. The van der Waals surface area contributed by atoms with E-state index < -0.39 is 17.9 Å². The number of nitrogens with one attached hydrogen (secondary N) is 2. The molecule has 0 saturated carbocycles. The molecule has 5 nitrogen and oxygen atoms in total. The average molecular weight is 311 g/mol. The van der Waals surface area contributed by atoms with Crippen molar-refractivity contribution >= 4 is 17.5 Å². The van der Waals surface area contributed by atoms with Crippen molar-refractivity contribution < 1.29 is 22.7 Å².